The van der Waals surface area contributed by atoms with Crippen LogP contribution in [-0.4, -0.2) is 67.0 Å². The standard InChI is InChI=1S/C25H29NO7/c1-26(2)19-5-3-18(4-6-19)24-25-23(27)21-17-20(7-8-22(21)33-24)31-15-13-29-11-9-28-10-12-30-14-16-32-25/h3-8,17H,9-16H2,1-2H3. The Hall–Kier alpha value is -3.07. The second kappa shape index (κ2) is 11.2. The summed E-state index contributed by atoms with van der Waals surface area (Å²) in [5.74, 6) is 1.10. The van der Waals surface area contributed by atoms with Crippen LogP contribution in [0, 0.1) is 0 Å². The van der Waals surface area contributed by atoms with Gasteiger partial charge in [-0.15, -0.1) is 0 Å². The minimum Gasteiger partial charge on any atom is -0.491 e. The van der Waals surface area contributed by atoms with Crippen LogP contribution in [0.2, 0.25) is 0 Å². The minimum absolute atomic E-state index is 0.154. The lowest BCUT2D eigenvalue weighted by Crippen LogP contribution is -2.17. The second-order valence-corrected chi connectivity index (χ2v) is 7.72. The molecule has 1 aliphatic rings. The molecule has 1 aromatic heterocycles. The van der Waals surface area contributed by atoms with Crippen LogP contribution < -0.4 is 19.8 Å². The molecule has 0 spiro atoms. The van der Waals surface area contributed by atoms with Crippen LogP contribution >= 0.6 is 0 Å². The fourth-order valence-corrected chi connectivity index (χ4v) is 3.44. The van der Waals surface area contributed by atoms with Crippen LogP contribution in [0.4, 0.5) is 5.69 Å². The van der Waals surface area contributed by atoms with Crippen LogP contribution in [-0.2, 0) is 14.2 Å². The van der Waals surface area contributed by atoms with Gasteiger partial charge in [0.1, 0.15) is 24.5 Å². The van der Waals surface area contributed by atoms with Gasteiger partial charge in [0.25, 0.3) is 0 Å². The van der Waals surface area contributed by atoms with Crippen molar-refractivity contribution in [3.63, 3.8) is 0 Å². The fourth-order valence-electron chi connectivity index (χ4n) is 3.44. The highest BCUT2D eigenvalue weighted by atomic mass is 16.6. The predicted octanol–water partition coefficient (Wildman–Crippen LogP) is 3.35. The molecule has 3 bridgehead atoms. The third kappa shape index (κ3) is 5.84. The molecule has 33 heavy (non-hydrogen) atoms. The highest BCUT2D eigenvalue weighted by Gasteiger charge is 2.19. The number of rotatable bonds is 2. The van der Waals surface area contributed by atoms with Crippen molar-refractivity contribution in [1.29, 1.82) is 0 Å². The van der Waals surface area contributed by atoms with Crippen molar-refractivity contribution in [1.82, 2.24) is 0 Å². The van der Waals surface area contributed by atoms with Crippen molar-refractivity contribution in [2.45, 2.75) is 0 Å². The maximum Gasteiger partial charge on any atom is 0.235 e. The Bertz CT molecular complexity index is 1110. The van der Waals surface area contributed by atoms with Crippen LogP contribution in [0.25, 0.3) is 22.3 Å². The van der Waals surface area contributed by atoms with Crippen molar-refractivity contribution < 1.29 is 28.1 Å². The molecular weight excluding hydrogens is 426 g/mol. The first kappa shape index (κ1) is 23.1. The Labute approximate surface area is 192 Å². The predicted molar refractivity (Wildman–Crippen MR) is 126 cm³/mol. The molecule has 176 valence electrons. The lowest BCUT2D eigenvalue weighted by molar-refractivity contribution is 0.00487. The van der Waals surface area contributed by atoms with Gasteiger partial charge in [-0.2, -0.15) is 0 Å². The van der Waals surface area contributed by atoms with Gasteiger partial charge in [0.15, 0.2) is 5.76 Å². The lowest BCUT2D eigenvalue weighted by Gasteiger charge is -2.15. The molecule has 0 fully saturated rings. The number of hydrogen-bond acceptors (Lipinski definition) is 8. The molecule has 1 aliphatic heterocycles. The van der Waals surface area contributed by atoms with Crippen molar-refractivity contribution in [2.24, 2.45) is 0 Å². The highest BCUT2D eigenvalue weighted by molar-refractivity contribution is 5.83. The van der Waals surface area contributed by atoms with Crippen LogP contribution in [0.15, 0.2) is 51.7 Å². The summed E-state index contributed by atoms with van der Waals surface area (Å²) in [6.45, 7) is 3.17. The number of nitrogens with zero attached hydrogens (tertiary/aromatic N) is 1. The monoisotopic (exact) mass is 455 g/mol. The quantitative estimate of drug-likeness (QED) is 0.582. The third-order valence-corrected chi connectivity index (χ3v) is 5.18. The average Bonchev–Trinajstić information content (AvgIpc) is 2.82. The molecule has 0 atom stereocenters. The van der Waals surface area contributed by atoms with Gasteiger partial charge in [0, 0.05) is 25.3 Å². The van der Waals surface area contributed by atoms with E-state index in [0.29, 0.717) is 68.7 Å². The summed E-state index contributed by atoms with van der Waals surface area (Å²) in [4.78, 5) is 15.4. The van der Waals surface area contributed by atoms with E-state index in [1.165, 1.54) is 0 Å². The Balaban J connectivity index is 1.70. The molecule has 0 radical (unpaired) electrons. The Kier molecular flexibility index (Phi) is 7.83. The van der Waals surface area contributed by atoms with Crippen molar-refractivity contribution in [2.75, 3.05) is 71.9 Å². The summed E-state index contributed by atoms with van der Waals surface area (Å²) < 4.78 is 34.3. The van der Waals surface area contributed by atoms with E-state index in [0.717, 1.165) is 11.3 Å². The number of hydrogen-bond donors (Lipinski definition) is 0. The van der Waals surface area contributed by atoms with Crippen LogP contribution in [0.3, 0.4) is 0 Å². The van der Waals surface area contributed by atoms with E-state index < -0.39 is 0 Å². The number of fused-ring (bicyclic) bond motifs is 2. The molecule has 0 unspecified atom stereocenters. The Morgan fingerprint density at radius 3 is 1.97 bits per heavy atom. The molecule has 0 amide bonds. The van der Waals surface area contributed by atoms with Gasteiger partial charge in [0.05, 0.1) is 45.0 Å². The molecule has 8 heteroatoms. The van der Waals surface area contributed by atoms with Gasteiger partial charge in [0.2, 0.25) is 11.2 Å². The summed E-state index contributed by atoms with van der Waals surface area (Å²) in [7, 11) is 3.94. The van der Waals surface area contributed by atoms with Gasteiger partial charge >= 0.3 is 0 Å². The molecule has 0 N–H and O–H groups in total. The average molecular weight is 456 g/mol. The first-order chi connectivity index (χ1) is 16.1. The summed E-state index contributed by atoms with van der Waals surface area (Å²) in [6.07, 6.45) is 0. The molecular formula is C25H29NO7. The molecule has 0 aliphatic carbocycles. The molecule has 2 aromatic carbocycles. The number of benzene rings is 2. The van der Waals surface area contributed by atoms with Gasteiger partial charge in [-0.25, -0.2) is 0 Å². The zero-order valence-corrected chi connectivity index (χ0v) is 19.0. The number of anilines is 1. The SMILES string of the molecule is CN(C)c1ccc(-c2oc3ccc4cc3c(=O)c2OCCOCCOCCOCCO4)cc1. The summed E-state index contributed by atoms with van der Waals surface area (Å²) in [5.41, 5.74) is 2.00. The van der Waals surface area contributed by atoms with Crippen LogP contribution in [0.1, 0.15) is 0 Å². The smallest absolute Gasteiger partial charge is 0.235 e. The molecule has 8 nitrogen and oxygen atoms in total. The Morgan fingerprint density at radius 2 is 1.33 bits per heavy atom. The van der Waals surface area contributed by atoms with E-state index in [1.54, 1.807) is 18.2 Å². The van der Waals surface area contributed by atoms with Gasteiger partial charge in [-0.05, 0) is 42.5 Å². The first-order valence-electron chi connectivity index (χ1n) is 11.0. The van der Waals surface area contributed by atoms with Crippen molar-refractivity contribution >= 4 is 16.7 Å². The molecule has 4 rings (SSSR count). The molecule has 0 saturated carbocycles. The maximum atomic E-state index is 13.4. The fraction of sp³-hybridized carbons (Fsp3) is 0.400. The summed E-state index contributed by atoms with van der Waals surface area (Å²) in [5, 5.41) is 0.396. The topological polar surface area (TPSA) is 79.6 Å². The number of ether oxygens (including phenoxy) is 5. The van der Waals surface area contributed by atoms with E-state index in [9.17, 15) is 4.79 Å². The van der Waals surface area contributed by atoms with E-state index in [1.807, 2.05) is 43.3 Å². The molecule has 0 saturated heterocycles. The minimum atomic E-state index is -0.255. The van der Waals surface area contributed by atoms with E-state index in [-0.39, 0.29) is 17.8 Å². The summed E-state index contributed by atoms with van der Waals surface area (Å²) in [6, 6.07) is 13.0. The zero-order valence-electron chi connectivity index (χ0n) is 19.0. The maximum absolute atomic E-state index is 13.4. The van der Waals surface area contributed by atoms with Crippen molar-refractivity contribution in [3.05, 3.63) is 52.7 Å². The van der Waals surface area contributed by atoms with Crippen molar-refractivity contribution in [3.8, 4) is 22.8 Å². The van der Waals surface area contributed by atoms with Gasteiger partial charge in [-0.3, -0.25) is 4.79 Å². The summed E-state index contributed by atoms with van der Waals surface area (Å²) >= 11 is 0. The third-order valence-electron chi connectivity index (χ3n) is 5.18. The van der Waals surface area contributed by atoms with E-state index >= 15 is 0 Å². The van der Waals surface area contributed by atoms with E-state index in [4.69, 9.17) is 28.1 Å². The second-order valence-electron chi connectivity index (χ2n) is 7.72. The zero-order chi connectivity index (χ0) is 23.0. The molecule has 3 aromatic rings. The van der Waals surface area contributed by atoms with Gasteiger partial charge < -0.3 is 33.0 Å². The largest absolute Gasteiger partial charge is 0.491 e. The van der Waals surface area contributed by atoms with Gasteiger partial charge in [-0.1, -0.05) is 0 Å². The lowest BCUT2D eigenvalue weighted by atomic mass is 10.1. The highest BCUT2D eigenvalue weighted by Crippen LogP contribution is 2.33. The normalized spacial score (nSPS) is 16.1. The Morgan fingerprint density at radius 1 is 0.727 bits per heavy atom. The van der Waals surface area contributed by atoms with Crippen LogP contribution in [0.5, 0.6) is 11.5 Å². The first-order valence-corrected chi connectivity index (χ1v) is 11.0. The molecule has 2 heterocycles. The van der Waals surface area contributed by atoms with E-state index in [2.05, 4.69) is 0 Å².